The molecule has 1 aromatic carbocycles. The van der Waals surface area contributed by atoms with Crippen LogP contribution in [0.2, 0.25) is 5.02 Å². The van der Waals surface area contributed by atoms with Crippen LogP contribution in [0.5, 0.6) is 0 Å². The molecule has 1 N–H and O–H groups in total. The molecule has 18 heavy (non-hydrogen) atoms. The van der Waals surface area contributed by atoms with E-state index in [0.717, 1.165) is 0 Å². The van der Waals surface area contributed by atoms with Crippen molar-refractivity contribution in [3.63, 3.8) is 0 Å². The largest absolute Gasteiger partial charge is 0.449 e. The SMILES string of the molecule is CC1(C)COC(=O)N[C@@H]1c1cccc(F)c1Cl.Cl. The zero-order valence-corrected chi connectivity index (χ0v) is 11.6. The van der Waals surface area contributed by atoms with E-state index in [9.17, 15) is 9.18 Å². The summed E-state index contributed by atoms with van der Waals surface area (Å²) in [5.41, 5.74) is 0.235. The number of carbonyl (C=O) groups excluding carboxylic acids is 1. The number of nitrogens with one attached hydrogen (secondary N) is 1. The third-order valence-corrected chi connectivity index (χ3v) is 3.31. The van der Waals surface area contributed by atoms with Gasteiger partial charge >= 0.3 is 6.09 Å². The van der Waals surface area contributed by atoms with Gasteiger partial charge in [0, 0.05) is 5.41 Å². The lowest BCUT2D eigenvalue weighted by Gasteiger charge is -2.38. The summed E-state index contributed by atoms with van der Waals surface area (Å²) in [5.74, 6) is -0.485. The lowest BCUT2D eigenvalue weighted by atomic mass is 9.80. The maximum absolute atomic E-state index is 13.4. The Morgan fingerprint density at radius 1 is 1.50 bits per heavy atom. The molecule has 1 aliphatic heterocycles. The standard InChI is InChI=1S/C12H13ClFNO2.ClH/c1-12(2)6-17-11(16)15-10(12)7-4-3-5-8(14)9(7)13;/h3-5,10H,6H2,1-2H3,(H,15,16);1H/t10-;/m1./s1. The van der Waals surface area contributed by atoms with Crippen molar-refractivity contribution in [1.29, 1.82) is 0 Å². The third kappa shape index (κ3) is 2.70. The first kappa shape index (κ1) is 15.1. The van der Waals surface area contributed by atoms with Gasteiger partial charge in [-0.3, -0.25) is 0 Å². The van der Waals surface area contributed by atoms with Crippen LogP contribution in [0.1, 0.15) is 25.5 Å². The minimum absolute atomic E-state index is 0. The Balaban J connectivity index is 0.00000162. The summed E-state index contributed by atoms with van der Waals surface area (Å²) in [7, 11) is 0. The maximum atomic E-state index is 13.4. The van der Waals surface area contributed by atoms with E-state index in [0.29, 0.717) is 5.56 Å². The van der Waals surface area contributed by atoms with Gasteiger partial charge in [0.1, 0.15) is 12.4 Å². The highest BCUT2D eigenvalue weighted by atomic mass is 35.5. The van der Waals surface area contributed by atoms with Gasteiger partial charge in [0.2, 0.25) is 0 Å². The summed E-state index contributed by atoms with van der Waals surface area (Å²) in [6.45, 7) is 4.13. The van der Waals surface area contributed by atoms with Crippen molar-refractivity contribution in [2.24, 2.45) is 5.41 Å². The first-order valence-electron chi connectivity index (χ1n) is 5.29. The second-order valence-corrected chi connectivity index (χ2v) is 5.16. The quantitative estimate of drug-likeness (QED) is 0.857. The number of hydrogen-bond donors (Lipinski definition) is 1. The summed E-state index contributed by atoms with van der Waals surface area (Å²) < 4.78 is 18.3. The van der Waals surface area contributed by atoms with Crippen LogP contribution < -0.4 is 5.32 Å². The van der Waals surface area contributed by atoms with Gasteiger partial charge < -0.3 is 10.1 Å². The number of rotatable bonds is 1. The Hall–Kier alpha value is -1.00. The smallest absolute Gasteiger partial charge is 0.407 e. The van der Waals surface area contributed by atoms with E-state index < -0.39 is 11.9 Å². The fourth-order valence-electron chi connectivity index (χ4n) is 1.93. The van der Waals surface area contributed by atoms with Crippen LogP contribution in [0.15, 0.2) is 18.2 Å². The minimum atomic E-state index is -0.505. The van der Waals surface area contributed by atoms with E-state index in [4.69, 9.17) is 16.3 Å². The highest BCUT2D eigenvalue weighted by molar-refractivity contribution is 6.31. The number of cyclic esters (lactones) is 1. The van der Waals surface area contributed by atoms with Crippen molar-refractivity contribution in [2.75, 3.05) is 6.61 Å². The van der Waals surface area contributed by atoms with E-state index in [1.165, 1.54) is 6.07 Å². The average molecular weight is 294 g/mol. The molecule has 1 aromatic rings. The summed E-state index contributed by atoms with van der Waals surface area (Å²) in [6.07, 6.45) is -0.505. The molecule has 1 heterocycles. The summed E-state index contributed by atoms with van der Waals surface area (Å²) >= 11 is 5.93. The Morgan fingerprint density at radius 2 is 2.17 bits per heavy atom. The Labute approximate surface area is 116 Å². The van der Waals surface area contributed by atoms with Gasteiger partial charge in [-0.05, 0) is 11.6 Å². The summed E-state index contributed by atoms with van der Waals surface area (Å²) in [6, 6.07) is 4.23. The molecule has 1 amide bonds. The zero-order valence-electron chi connectivity index (χ0n) is 10.00. The number of alkyl carbamates (subject to hydrolysis) is 1. The predicted molar refractivity (Wildman–Crippen MR) is 69.7 cm³/mol. The van der Waals surface area contributed by atoms with Gasteiger partial charge in [0.05, 0.1) is 11.1 Å². The molecule has 0 spiro atoms. The molecule has 0 saturated carbocycles. The van der Waals surface area contributed by atoms with Crippen LogP contribution in [0, 0.1) is 11.2 Å². The first-order chi connectivity index (χ1) is 7.92. The molecule has 100 valence electrons. The highest BCUT2D eigenvalue weighted by Gasteiger charge is 2.39. The number of amides is 1. The molecular weight excluding hydrogens is 280 g/mol. The van der Waals surface area contributed by atoms with Crippen LogP contribution in [0.4, 0.5) is 9.18 Å². The zero-order chi connectivity index (χ0) is 12.6. The van der Waals surface area contributed by atoms with Crippen molar-refractivity contribution >= 4 is 30.1 Å². The summed E-state index contributed by atoms with van der Waals surface area (Å²) in [4.78, 5) is 11.3. The van der Waals surface area contributed by atoms with Crippen LogP contribution in [0.25, 0.3) is 0 Å². The number of benzene rings is 1. The van der Waals surface area contributed by atoms with Gasteiger partial charge in [-0.25, -0.2) is 9.18 Å². The molecule has 6 heteroatoms. The topological polar surface area (TPSA) is 38.3 Å². The molecule has 0 bridgehead atoms. The number of ether oxygens (including phenoxy) is 1. The maximum Gasteiger partial charge on any atom is 0.407 e. The monoisotopic (exact) mass is 293 g/mol. The fraction of sp³-hybridized carbons (Fsp3) is 0.417. The lowest BCUT2D eigenvalue weighted by molar-refractivity contribution is 0.0387. The van der Waals surface area contributed by atoms with Crippen molar-refractivity contribution < 1.29 is 13.9 Å². The van der Waals surface area contributed by atoms with Crippen molar-refractivity contribution in [2.45, 2.75) is 19.9 Å². The minimum Gasteiger partial charge on any atom is -0.449 e. The second kappa shape index (κ2) is 5.33. The molecular formula is C12H14Cl2FNO2. The molecule has 0 aromatic heterocycles. The molecule has 0 aliphatic carbocycles. The lowest BCUT2D eigenvalue weighted by Crippen LogP contribution is -2.47. The number of halogens is 3. The van der Waals surface area contributed by atoms with E-state index in [1.54, 1.807) is 12.1 Å². The number of hydrogen-bond acceptors (Lipinski definition) is 2. The van der Waals surface area contributed by atoms with Gasteiger partial charge in [-0.15, -0.1) is 12.4 Å². The third-order valence-electron chi connectivity index (χ3n) is 2.91. The average Bonchev–Trinajstić information content (AvgIpc) is 2.26. The van der Waals surface area contributed by atoms with Gasteiger partial charge in [0.25, 0.3) is 0 Å². The van der Waals surface area contributed by atoms with Gasteiger partial charge in [-0.1, -0.05) is 37.6 Å². The van der Waals surface area contributed by atoms with Crippen LogP contribution in [-0.4, -0.2) is 12.7 Å². The van der Waals surface area contributed by atoms with E-state index in [2.05, 4.69) is 5.32 Å². The molecule has 1 fully saturated rings. The molecule has 2 rings (SSSR count). The van der Waals surface area contributed by atoms with Crippen molar-refractivity contribution in [3.8, 4) is 0 Å². The summed E-state index contributed by atoms with van der Waals surface area (Å²) in [5, 5.41) is 2.73. The highest BCUT2D eigenvalue weighted by Crippen LogP contribution is 2.39. The molecule has 0 radical (unpaired) electrons. The Bertz CT molecular complexity index is 465. The van der Waals surface area contributed by atoms with E-state index in [1.807, 2.05) is 13.8 Å². The van der Waals surface area contributed by atoms with Crippen LogP contribution in [-0.2, 0) is 4.74 Å². The molecule has 0 unspecified atom stereocenters. The normalized spacial score (nSPS) is 21.6. The van der Waals surface area contributed by atoms with Gasteiger partial charge in [-0.2, -0.15) is 0 Å². The Morgan fingerprint density at radius 3 is 2.83 bits per heavy atom. The van der Waals surface area contributed by atoms with E-state index >= 15 is 0 Å². The second-order valence-electron chi connectivity index (χ2n) is 4.79. The van der Waals surface area contributed by atoms with Crippen molar-refractivity contribution in [1.82, 2.24) is 5.32 Å². The molecule has 1 aliphatic rings. The first-order valence-corrected chi connectivity index (χ1v) is 5.67. The van der Waals surface area contributed by atoms with Gasteiger partial charge in [0.15, 0.2) is 0 Å². The molecule has 3 nitrogen and oxygen atoms in total. The Kier molecular flexibility index (Phi) is 4.46. The van der Waals surface area contributed by atoms with E-state index in [-0.39, 0.29) is 35.5 Å². The fourth-order valence-corrected chi connectivity index (χ4v) is 2.17. The molecule has 1 saturated heterocycles. The predicted octanol–water partition coefficient (Wildman–Crippen LogP) is 3.71. The molecule has 1 atom stereocenters. The van der Waals surface area contributed by atoms with Crippen LogP contribution in [0.3, 0.4) is 0 Å². The van der Waals surface area contributed by atoms with Crippen LogP contribution >= 0.6 is 24.0 Å². The number of carbonyl (C=O) groups is 1. The van der Waals surface area contributed by atoms with Crippen molar-refractivity contribution in [3.05, 3.63) is 34.6 Å².